The highest BCUT2D eigenvalue weighted by atomic mass is 16.5. The van der Waals surface area contributed by atoms with Crippen molar-refractivity contribution in [3.05, 3.63) is 94.7 Å². The summed E-state index contributed by atoms with van der Waals surface area (Å²) in [6.45, 7) is 21.7. The van der Waals surface area contributed by atoms with E-state index in [1.54, 1.807) is 0 Å². The maximum absolute atomic E-state index is 12.1. The number of carboxylic acids is 1. The first-order chi connectivity index (χ1) is 26.2. The molecular weight excluding hydrogens is 705 g/mol. The number of carbonyl (C=O) groups is 3. The summed E-state index contributed by atoms with van der Waals surface area (Å²) >= 11 is 0. The number of aliphatic hydroxyl groups is 2. The van der Waals surface area contributed by atoms with Gasteiger partial charge < -0.3 is 24.8 Å². The van der Waals surface area contributed by atoms with Crippen LogP contribution in [-0.2, 0) is 23.9 Å². The van der Waals surface area contributed by atoms with Crippen molar-refractivity contribution < 1.29 is 39.2 Å². The molecule has 5 atom stereocenters. The Morgan fingerprint density at radius 1 is 0.839 bits per heavy atom. The number of carboxylic acid groups (broad SMARTS) is 1. The van der Waals surface area contributed by atoms with E-state index in [4.69, 9.17) is 24.8 Å². The van der Waals surface area contributed by atoms with Gasteiger partial charge in [0.05, 0.1) is 19.3 Å². The first-order valence-corrected chi connectivity index (χ1v) is 20.6. The Bertz CT molecular complexity index is 1560. The lowest BCUT2D eigenvalue weighted by Crippen LogP contribution is -2.40. The van der Waals surface area contributed by atoms with Gasteiger partial charge in [0, 0.05) is 12.8 Å². The molecule has 1 fully saturated rings. The van der Waals surface area contributed by atoms with E-state index in [-0.39, 0.29) is 54.7 Å². The maximum Gasteiger partial charge on any atom is 0.306 e. The highest BCUT2D eigenvalue weighted by Gasteiger charge is 2.41. The lowest BCUT2D eigenvalue weighted by molar-refractivity contribution is -0.157. The van der Waals surface area contributed by atoms with Crippen LogP contribution in [0.25, 0.3) is 0 Å². The predicted molar refractivity (Wildman–Crippen MR) is 226 cm³/mol. The van der Waals surface area contributed by atoms with Gasteiger partial charge in [0.25, 0.3) is 0 Å². The minimum atomic E-state index is -1.49. The minimum Gasteiger partial charge on any atom is -0.481 e. The fourth-order valence-electron chi connectivity index (χ4n) is 8.10. The summed E-state index contributed by atoms with van der Waals surface area (Å²) in [5.74, 6) is -0.525. The van der Waals surface area contributed by atoms with Gasteiger partial charge in [0.15, 0.2) is 6.29 Å². The standard InChI is InChI=1S/C48H72O8/c1-33(17-13-19-35(3)21-23-41-37(5)29-39(31-47(41,7)8)55-45(53)27-25-43(49)50)15-11-12-16-34(2)18-14-20-36(4)22-24-42-38(6)30-40(32-48(42,9)10)56-46(54)28-26-44(51)52/h11-13,15,17,19-24,34,37,39-41,43,49-50H,14,16,18,25-32H2,1-10H3,(H,51,52)/b12-11+,17-13+,23-21+,24-22+,33-15+,35-19+,36-20+. The summed E-state index contributed by atoms with van der Waals surface area (Å²) in [4.78, 5) is 35.0. The molecule has 56 heavy (non-hydrogen) atoms. The van der Waals surface area contributed by atoms with Gasteiger partial charge in [-0.25, -0.2) is 0 Å². The monoisotopic (exact) mass is 777 g/mol. The van der Waals surface area contributed by atoms with E-state index < -0.39 is 18.2 Å². The molecule has 1 saturated carbocycles. The second-order valence-corrected chi connectivity index (χ2v) is 17.7. The molecule has 0 radical (unpaired) electrons. The third kappa shape index (κ3) is 18.5. The largest absolute Gasteiger partial charge is 0.481 e. The number of hydrogen-bond donors (Lipinski definition) is 3. The van der Waals surface area contributed by atoms with E-state index in [0.29, 0.717) is 30.6 Å². The summed E-state index contributed by atoms with van der Waals surface area (Å²) in [5, 5.41) is 26.9. The average molecular weight is 777 g/mol. The van der Waals surface area contributed by atoms with Gasteiger partial charge in [-0.3, -0.25) is 14.4 Å². The fraction of sp³-hybridized carbons (Fsp3) is 0.604. The zero-order chi connectivity index (χ0) is 42.1. The van der Waals surface area contributed by atoms with Gasteiger partial charge in [-0.05, 0) is 100 Å². The molecule has 0 saturated heterocycles. The quantitative estimate of drug-likeness (QED) is 0.0633. The van der Waals surface area contributed by atoms with Crippen LogP contribution in [-0.4, -0.2) is 51.7 Å². The molecule has 8 nitrogen and oxygen atoms in total. The SMILES string of the molecule is CC1=C(/C=C/C(C)=C/CCC(C)C/C=C/C=C(C)/C=C/C=C(C)/C=C/C2C(C)CC(OC(=O)CCC(O)O)CC2(C)C)C(C)(C)CC(OC(=O)CCC(=O)O)C1. The zero-order valence-corrected chi connectivity index (χ0v) is 36.0. The van der Waals surface area contributed by atoms with E-state index in [1.807, 2.05) is 0 Å². The molecule has 5 unspecified atom stereocenters. The van der Waals surface area contributed by atoms with E-state index in [0.717, 1.165) is 32.1 Å². The molecule has 312 valence electrons. The Balaban J connectivity index is 1.80. The summed E-state index contributed by atoms with van der Waals surface area (Å²) in [5.41, 5.74) is 5.88. The third-order valence-corrected chi connectivity index (χ3v) is 11.1. The van der Waals surface area contributed by atoms with Crippen LogP contribution < -0.4 is 0 Å². The molecule has 2 rings (SSSR count). The lowest BCUT2D eigenvalue weighted by Gasteiger charge is -2.44. The minimum absolute atomic E-state index is 0.00535. The second-order valence-electron chi connectivity index (χ2n) is 17.7. The van der Waals surface area contributed by atoms with Crippen molar-refractivity contribution in [2.24, 2.45) is 28.6 Å². The number of aliphatic hydroxyl groups excluding tert-OH is 1. The topological polar surface area (TPSA) is 130 Å². The van der Waals surface area contributed by atoms with Gasteiger partial charge in [0.1, 0.15) is 12.2 Å². The summed E-state index contributed by atoms with van der Waals surface area (Å²) in [7, 11) is 0. The van der Waals surface area contributed by atoms with Crippen molar-refractivity contribution in [3.63, 3.8) is 0 Å². The van der Waals surface area contributed by atoms with Crippen molar-refractivity contribution in [2.45, 2.75) is 158 Å². The van der Waals surface area contributed by atoms with Crippen molar-refractivity contribution >= 4 is 17.9 Å². The molecule has 0 amide bonds. The summed E-state index contributed by atoms with van der Waals surface area (Å²) < 4.78 is 11.3. The molecule has 2 aliphatic carbocycles. The average Bonchev–Trinajstić information content (AvgIpc) is 3.07. The van der Waals surface area contributed by atoms with Crippen LogP contribution in [0, 0.1) is 28.6 Å². The second kappa shape index (κ2) is 23.5. The Morgan fingerprint density at radius 2 is 1.48 bits per heavy atom. The van der Waals surface area contributed by atoms with Crippen LogP contribution in [0.4, 0.5) is 0 Å². The molecule has 8 heteroatoms. The van der Waals surface area contributed by atoms with Gasteiger partial charge in [-0.2, -0.15) is 0 Å². The number of aliphatic carboxylic acids is 1. The molecule has 0 heterocycles. The number of carbonyl (C=O) groups excluding carboxylic acids is 2. The van der Waals surface area contributed by atoms with Crippen LogP contribution in [0.15, 0.2) is 94.7 Å². The Kier molecular flexibility index (Phi) is 20.3. The molecule has 2 aliphatic rings. The normalized spacial score (nSPS) is 24.2. The molecule has 0 spiro atoms. The molecule has 0 aromatic heterocycles. The number of allylic oxidation sites excluding steroid dienone is 15. The summed E-state index contributed by atoms with van der Waals surface area (Å²) in [6, 6.07) is 0. The molecule has 3 N–H and O–H groups in total. The van der Waals surface area contributed by atoms with Gasteiger partial charge in [-0.15, -0.1) is 0 Å². The smallest absolute Gasteiger partial charge is 0.306 e. The van der Waals surface area contributed by atoms with Gasteiger partial charge >= 0.3 is 17.9 Å². The first-order valence-electron chi connectivity index (χ1n) is 20.6. The molecule has 0 bridgehead atoms. The third-order valence-electron chi connectivity index (χ3n) is 11.1. The van der Waals surface area contributed by atoms with Crippen molar-refractivity contribution in [2.75, 3.05) is 0 Å². The van der Waals surface area contributed by atoms with Crippen LogP contribution >= 0.6 is 0 Å². The maximum atomic E-state index is 12.1. The van der Waals surface area contributed by atoms with E-state index >= 15 is 0 Å². The van der Waals surface area contributed by atoms with Crippen molar-refractivity contribution in [3.8, 4) is 0 Å². The zero-order valence-electron chi connectivity index (χ0n) is 36.0. The summed E-state index contributed by atoms with van der Waals surface area (Å²) in [6.07, 6.45) is 28.0. The Hall–Kier alpha value is -3.75. The van der Waals surface area contributed by atoms with Crippen molar-refractivity contribution in [1.29, 1.82) is 0 Å². The van der Waals surface area contributed by atoms with E-state index in [2.05, 4.69) is 136 Å². The highest BCUT2D eigenvalue weighted by Crippen LogP contribution is 2.46. The molecular formula is C48H72O8. The first kappa shape index (κ1) is 48.4. The molecule has 0 aromatic carbocycles. The van der Waals surface area contributed by atoms with Crippen LogP contribution in [0.3, 0.4) is 0 Å². The van der Waals surface area contributed by atoms with Gasteiger partial charge in [0.2, 0.25) is 0 Å². The van der Waals surface area contributed by atoms with Crippen LogP contribution in [0.5, 0.6) is 0 Å². The fourth-order valence-corrected chi connectivity index (χ4v) is 8.10. The number of ether oxygens (including phenoxy) is 2. The number of rotatable bonds is 20. The highest BCUT2D eigenvalue weighted by molar-refractivity contribution is 5.76. The van der Waals surface area contributed by atoms with Crippen LogP contribution in [0.1, 0.15) is 140 Å². The van der Waals surface area contributed by atoms with Crippen LogP contribution in [0.2, 0.25) is 0 Å². The Morgan fingerprint density at radius 3 is 2.12 bits per heavy atom. The van der Waals surface area contributed by atoms with Crippen molar-refractivity contribution in [1.82, 2.24) is 0 Å². The Labute approximate surface area is 337 Å². The van der Waals surface area contributed by atoms with E-state index in [9.17, 15) is 14.4 Å². The molecule has 0 aliphatic heterocycles. The number of esters is 2. The lowest BCUT2D eigenvalue weighted by atomic mass is 9.63. The number of hydrogen-bond acceptors (Lipinski definition) is 7. The van der Waals surface area contributed by atoms with E-state index in [1.165, 1.54) is 27.9 Å². The van der Waals surface area contributed by atoms with Gasteiger partial charge in [-0.1, -0.05) is 131 Å². The molecule has 0 aromatic rings. The predicted octanol–water partition coefficient (Wildman–Crippen LogP) is 10.8.